The van der Waals surface area contributed by atoms with Gasteiger partial charge in [0.2, 0.25) is 0 Å². The van der Waals surface area contributed by atoms with E-state index in [1.807, 2.05) is 6.07 Å². The highest BCUT2D eigenvalue weighted by atomic mass is 14.9. The molecule has 15 rings (SSSR count). The summed E-state index contributed by atoms with van der Waals surface area (Å²) in [7, 11) is 0. The van der Waals surface area contributed by atoms with Crippen molar-refractivity contribution in [3.05, 3.63) is 348 Å². The van der Waals surface area contributed by atoms with Gasteiger partial charge in [-0.05, 0) is 124 Å². The Morgan fingerprint density at radius 3 is 1.13 bits per heavy atom. The number of hydrogen-bond donors (Lipinski definition) is 0. The fraction of sp³-hybridized carbons (Fsp3) is 0.0263. The molecule has 2 heteroatoms. The molecule has 12 aromatic carbocycles. The molecule has 0 radical (unpaired) electrons. The first kappa shape index (κ1) is 45.4. The smallest absolute Gasteiger partial charge is 0.160 e. The van der Waals surface area contributed by atoms with Crippen molar-refractivity contribution in [1.29, 1.82) is 0 Å². The molecule has 0 amide bonds. The molecule has 0 saturated carbocycles. The van der Waals surface area contributed by atoms with Gasteiger partial charge in [0, 0.05) is 16.7 Å². The fourth-order valence-electron chi connectivity index (χ4n) is 13.3. The molecule has 2 aliphatic rings. The van der Waals surface area contributed by atoms with Gasteiger partial charge < -0.3 is 0 Å². The third-order valence-corrected chi connectivity index (χ3v) is 16.7. The zero-order valence-electron chi connectivity index (χ0n) is 42.8. The molecule has 0 bridgehead atoms. The predicted molar refractivity (Wildman–Crippen MR) is 321 cm³/mol. The van der Waals surface area contributed by atoms with Crippen LogP contribution in [0, 0.1) is 0 Å². The van der Waals surface area contributed by atoms with Crippen molar-refractivity contribution in [2.45, 2.75) is 10.8 Å². The molecule has 0 unspecified atom stereocenters. The van der Waals surface area contributed by atoms with Crippen molar-refractivity contribution in [1.82, 2.24) is 9.97 Å². The number of nitrogens with zero attached hydrogens (tertiary/aromatic N) is 2. The summed E-state index contributed by atoms with van der Waals surface area (Å²) in [6, 6.07) is 111. The Bertz CT molecular complexity index is 4340. The highest BCUT2D eigenvalue weighted by Crippen LogP contribution is 2.58. The first-order valence-electron chi connectivity index (χ1n) is 27.0. The summed E-state index contributed by atoms with van der Waals surface area (Å²) >= 11 is 0. The van der Waals surface area contributed by atoms with Crippen LogP contribution in [0.2, 0.25) is 0 Å². The van der Waals surface area contributed by atoms with Crippen LogP contribution in [0.4, 0.5) is 0 Å². The standard InChI is InChI=1S/C76H50N2/c1-6-23-51(24-7-1)74-77-72(55-42-44-66-64-38-19-21-40-69(64)76(71(66)49-55,58-31-12-4-13-32-58)59-33-14-5-15-34-59)50-73(78-74)67-46-45-60(61-35-16-17-36-62(61)67)54-26-22-25-52(47-54)53-41-43-65-63-37-18-20-39-68(63)75(70(65)48-53,56-27-8-2-9-28-56)57-29-10-3-11-30-57/h1-50H. The van der Waals surface area contributed by atoms with Gasteiger partial charge in [0.25, 0.3) is 0 Å². The van der Waals surface area contributed by atoms with Gasteiger partial charge in [-0.15, -0.1) is 0 Å². The average Bonchev–Trinajstić information content (AvgIpc) is 4.10. The summed E-state index contributed by atoms with van der Waals surface area (Å²) in [6.45, 7) is 0. The van der Waals surface area contributed by atoms with Crippen LogP contribution in [-0.4, -0.2) is 9.97 Å². The minimum Gasteiger partial charge on any atom is -0.228 e. The van der Waals surface area contributed by atoms with Gasteiger partial charge in [0.15, 0.2) is 5.82 Å². The van der Waals surface area contributed by atoms with Crippen LogP contribution in [0.5, 0.6) is 0 Å². The van der Waals surface area contributed by atoms with E-state index in [1.165, 1.54) is 83.5 Å². The van der Waals surface area contributed by atoms with Gasteiger partial charge in [0.05, 0.1) is 22.2 Å². The van der Waals surface area contributed by atoms with E-state index in [0.717, 1.165) is 44.4 Å². The second-order valence-corrected chi connectivity index (χ2v) is 20.7. The normalized spacial score (nSPS) is 13.3. The van der Waals surface area contributed by atoms with Crippen molar-refractivity contribution in [2.24, 2.45) is 0 Å². The Labute approximate surface area is 455 Å². The molecule has 0 N–H and O–H groups in total. The number of benzene rings is 12. The molecule has 0 spiro atoms. The molecule has 0 saturated heterocycles. The molecule has 2 aliphatic carbocycles. The SMILES string of the molecule is c1ccc(-c2nc(-c3ccc4c(c3)C(c3ccccc3)(c3ccccc3)c3ccccc3-4)cc(-c3ccc(-c4cccc(-c5ccc6c(c5)C(c5ccccc5)(c5ccccc5)c5ccccc5-6)c4)c4ccccc34)n2)cc1. The maximum atomic E-state index is 5.42. The molecule has 1 aromatic heterocycles. The minimum atomic E-state index is -0.535. The van der Waals surface area contributed by atoms with Crippen LogP contribution < -0.4 is 0 Å². The molecule has 2 nitrogen and oxygen atoms in total. The lowest BCUT2D eigenvalue weighted by atomic mass is 9.67. The van der Waals surface area contributed by atoms with Crippen LogP contribution >= 0.6 is 0 Å². The molecular weight excluding hydrogens is 941 g/mol. The summed E-state index contributed by atoms with van der Waals surface area (Å²) in [5, 5.41) is 2.29. The molecule has 0 fully saturated rings. The Hall–Kier alpha value is -10.0. The van der Waals surface area contributed by atoms with Crippen molar-refractivity contribution in [2.75, 3.05) is 0 Å². The van der Waals surface area contributed by atoms with E-state index >= 15 is 0 Å². The first-order chi connectivity index (χ1) is 38.7. The van der Waals surface area contributed by atoms with Crippen molar-refractivity contribution in [3.63, 3.8) is 0 Å². The minimum absolute atomic E-state index is 0.476. The molecular formula is C76H50N2. The van der Waals surface area contributed by atoms with E-state index < -0.39 is 10.8 Å². The lowest BCUT2D eigenvalue weighted by molar-refractivity contribution is 0.768. The summed E-state index contributed by atoms with van der Waals surface area (Å²) in [5.41, 5.74) is 23.6. The van der Waals surface area contributed by atoms with Crippen LogP contribution in [0.3, 0.4) is 0 Å². The fourth-order valence-corrected chi connectivity index (χ4v) is 13.3. The van der Waals surface area contributed by atoms with Crippen molar-refractivity contribution in [3.8, 4) is 78.4 Å². The van der Waals surface area contributed by atoms with Crippen LogP contribution in [0.15, 0.2) is 303 Å². The maximum Gasteiger partial charge on any atom is 0.160 e. The second kappa shape index (κ2) is 18.4. The lowest BCUT2D eigenvalue weighted by Crippen LogP contribution is -2.28. The second-order valence-electron chi connectivity index (χ2n) is 20.7. The van der Waals surface area contributed by atoms with E-state index in [0.29, 0.717) is 5.82 Å². The molecule has 0 aliphatic heterocycles. The highest BCUT2D eigenvalue weighted by molar-refractivity contribution is 6.05. The van der Waals surface area contributed by atoms with E-state index in [9.17, 15) is 0 Å². The largest absolute Gasteiger partial charge is 0.228 e. The topological polar surface area (TPSA) is 25.8 Å². The third-order valence-electron chi connectivity index (χ3n) is 16.7. The average molecular weight is 991 g/mol. The number of fused-ring (bicyclic) bond motifs is 7. The summed E-state index contributed by atoms with van der Waals surface area (Å²) < 4.78 is 0. The maximum absolute atomic E-state index is 5.42. The zero-order chi connectivity index (χ0) is 51.6. The number of hydrogen-bond acceptors (Lipinski definition) is 2. The van der Waals surface area contributed by atoms with Crippen LogP contribution in [0.1, 0.15) is 44.5 Å². The van der Waals surface area contributed by atoms with E-state index in [1.54, 1.807) is 0 Å². The zero-order valence-corrected chi connectivity index (χ0v) is 42.8. The number of aromatic nitrogens is 2. The summed E-state index contributed by atoms with van der Waals surface area (Å²) in [6.07, 6.45) is 0. The van der Waals surface area contributed by atoms with E-state index in [2.05, 4.69) is 297 Å². The molecule has 13 aromatic rings. The Balaban J connectivity index is 0.867. The highest BCUT2D eigenvalue weighted by Gasteiger charge is 2.47. The van der Waals surface area contributed by atoms with Crippen LogP contribution in [0.25, 0.3) is 89.2 Å². The Kier molecular flexibility index (Phi) is 10.7. The summed E-state index contributed by atoms with van der Waals surface area (Å²) in [5.74, 6) is 0.686. The van der Waals surface area contributed by atoms with Gasteiger partial charge in [-0.3, -0.25) is 0 Å². The van der Waals surface area contributed by atoms with Gasteiger partial charge in [0.1, 0.15) is 0 Å². The molecule has 364 valence electrons. The molecule has 0 atom stereocenters. The summed E-state index contributed by atoms with van der Waals surface area (Å²) in [4.78, 5) is 10.8. The van der Waals surface area contributed by atoms with Gasteiger partial charge in [-0.2, -0.15) is 0 Å². The van der Waals surface area contributed by atoms with E-state index in [4.69, 9.17) is 9.97 Å². The van der Waals surface area contributed by atoms with Crippen molar-refractivity contribution < 1.29 is 0 Å². The van der Waals surface area contributed by atoms with E-state index in [-0.39, 0.29) is 0 Å². The van der Waals surface area contributed by atoms with Crippen molar-refractivity contribution >= 4 is 10.8 Å². The van der Waals surface area contributed by atoms with Gasteiger partial charge in [-0.25, -0.2) is 9.97 Å². The van der Waals surface area contributed by atoms with Gasteiger partial charge >= 0.3 is 0 Å². The quantitative estimate of drug-likeness (QED) is 0.144. The molecule has 1 heterocycles. The molecule has 78 heavy (non-hydrogen) atoms. The number of rotatable bonds is 9. The lowest BCUT2D eigenvalue weighted by Gasteiger charge is -2.34. The first-order valence-corrected chi connectivity index (χ1v) is 27.0. The predicted octanol–water partition coefficient (Wildman–Crippen LogP) is 18.7. The Morgan fingerprint density at radius 1 is 0.205 bits per heavy atom. The monoisotopic (exact) mass is 990 g/mol. The van der Waals surface area contributed by atoms with Gasteiger partial charge in [-0.1, -0.05) is 279 Å². The third kappa shape index (κ3) is 6.97. The van der Waals surface area contributed by atoms with Crippen LogP contribution in [-0.2, 0) is 10.8 Å². The Morgan fingerprint density at radius 2 is 0.577 bits per heavy atom.